The van der Waals surface area contributed by atoms with Crippen LogP contribution in [0.4, 0.5) is 13.2 Å². The molecular weight excluding hydrogens is 573 g/mol. The number of rotatable bonds is 11. The number of hydrogen-bond acceptors (Lipinski definition) is 8. The van der Waals surface area contributed by atoms with Crippen molar-refractivity contribution in [3.05, 3.63) is 64.2 Å². The first-order valence-corrected chi connectivity index (χ1v) is 15.4. The predicted octanol–water partition coefficient (Wildman–Crippen LogP) is 7.41. The second kappa shape index (κ2) is 14.0. The van der Waals surface area contributed by atoms with Crippen LogP contribution in [-0.4, -0.2) is 54.9 Å². The summed E-state index contributed by atoms with van der Waals surface area (Å²) in [5.74, 6) is 1.09. The smallest absolute Gasteiger partial charge is 0.416 e. The maximum absolute atomic E-state index is 13.1. The molecule has 1 fully saturated rings. The summed E-state index contributed by atoms with van der Waals surface area (Å²) in [6.45, 7) is 11.5. The van der Waals surface area contributed by atoms with Gasteiger partial charge in [-0.05, 0) is 55.7 Å². The van der Waals surface area contributed by atoms with Crippen LogP contribution in [0.1, 0.15) is 55.3 Å². The van der Waals surface area contributed by atoms with E-state index in [4.69, 9.17) is 19.2 Å². The second-order valence-electron chi connectivity index (χ2n) is 10.0. The van der Waals surface area contributed by atoms with Gasteiger partial charge in [0.1, 0.15) is 10.8 Å². The number of aromatic nitrogens is 1. The molecule has 0 N–H and O–H groups in total. The molecule has 1 aromatic heterocycles. The molecule has 0 saturated carbocycles. The summed E-state index contributed by atoms with van der Waals surface area (Å²) in [5.41, 5.74) is 1.93. The fraction of sp³-hybridized carbons (Fsp3) is 0.467. The van der Waals surface area contributed by atoms with Crippen LogP contribution in [0.15, 0.2) is 47.4 Å². The molecule has 222 valence electrons. The number of benzene rings is 2. The van der Waals surface area contributed by atoms with E-state index in [2.05, 4.69) is 24.8 Å². The zero-order valence-electron chi connectivity index (χ0n) is 23.6. The molecule has 1 saturated heterocycles. The summed E-state index contributed by atoms with van der Waals surface area (Å²) in [4.78, 5) is 21.4. The van der Waals surface area contributed by atoms with Crippen molar-refractivity contribution < 1.29 is 32.2 Å². The first kappa shape index (κ1) is 31.3. The van der Waals surface area contributed by atoms with Gasteiger partial charge in [-0.3, -0.25) is 4.90 Å². The van der Waals surface area contributed by atoms with Gasteiger partial charge in [0.05, 0.1) is 31.1 Å². The average Bonchev–Trinajstić information content (AvgIpc) is 3.35. The highest BCUT2D eigenvalue weighted by Gasteiger charge is 2.30. The maximum Gasteiger partial charge on any atom is 0.416 e. The Hall–Kier alpha value is -2.60. The normalized spacial score (nSPS) is 15.2. The summed E-state index contributed by atoms with van der Waals surface area (Å²) in [5, 5.41) is 0.706. The summed E-state index contributed by atoms with van der Waals surface area (Å²) < 4.78 is 55.8. The topological polar surface area (TPSA) is 60.9 Å². The Morgan fingerprint density at radius 1 is 1.12 bits per heavy atom. The molecule has 1 atom stereocenters. The fourth-order valence-electron chi connectivity index (χ4n) is 4.34. The molecule has 0 amide bonds. The van der Waals surface area contributed by atoms with Crippen LogP contribution >= 0.6 is 23.1 Å². The Kier molecular flexibility index (Phi) is 10.7. The minimum absolute atomic E-state index is 0.173. The Morgan fingerprint density at radius 2 is 1.83 bits per heavy atom. The van der Waals surface area contributed by atoms with Gasteiger partial charge < -0.3 is 14.2 Å². The number of ether oxygens (including phenoxy) is 3. The van der Waals surface area contributed by atoms with E-state index in [1.54, 1.807) is 25.6 Å². The molecule has 0 radical (unpaired) electrons. The molecule has 2 aromatic carbocycles. The van der Waals surface area contributed by atoms with Gasteiger partial charge in [0.25, 0.3) is 0 Å². The zero-order chi connectivity index (χ0) is 29.6. The molecule has 2 heterocycles. The van der Waals surface area contributed by atoms with Crippen LogP contribution < -0.4 is 4.74 Å². The lowest BCUT2D eigenvalue weighted by Gasteiger charge is -2.26. The SMILES string of the molecule is CCOC(=O)C(C)Oc1ccc(SCc2sc(-c3ccc(C(F)(F)F)cc3)nc2CN2CCOCC2)cc1C(C)C. The number of carbonyl (C=O) groups is 1. The molecule has 0 spiro atoms. The standard InChI is InChI=1S/C30H35F3N2O4S2/c1-5-38-29(36)20(4)39-26-11-10-23(16-24(26)19(2)3)40-18-27-25(17-35-12-14-37-15-13-35)34-28(41-27)21-6-8-22(9-7-21)30(31,32)33/h6-11,16,19-20H,5,12-15,17-18H2,1-4H3. The first-order valence-electron chi connectivity index (χ1n) is 13.6. The lowest BCUT2D eigenvalue weighted by molar-refractivity contribution is -0.150. The third-order valence-electron chi connectivity index (χ3n) is 6.61. The molecule has 6 nitrogen and oxygen atoms in total. The number of hydrogen-bond donors (Lipinski definition) is 0. The van der Waals surface area contributed by atoms with Crippen molar-refractivity contribution in [3.8, 4) is 16.3 Å². The minimum atomic E-state index is -4.38. The van der Waals surface area contributed by atoms with Crippen molar-refractivity contribution in [2.45, 2.75) is 63.1 Å². The lowest BCUT2D eigenvalue weighted by atomic mass is 10.0. The highest BCUT2D eigenvalue weighted by Crippen LogP contribution is 2.37. The molecule has 41 heavy (non-hydrogen) atoms. The van der Waals surface area contributed by atoms with Gasteiger partial charge in [-0.1, -0.05) is 26.0 Å². The molecule has 1 aliphatic rings. The van der Waals surface area contributed by atoms with E-state index in [1.165, 1.54) is 23.5 Å². The molecule has 3 aromatic rings. The van der Waals surface area contributed by atoms with Crippen LogP contribution in [0.2, 0.25) is 0 Å². The number of thioether (sulfide) groups is 1. The van der Waals surface area contributed by atoms with E-state index in [0.29, 0.717) is 48.4 Å². The first-order chi connectivity index (χ1) is 19.5. The van der Waals surface area contributed by atoms with Crippen molar-refractivity contribution in [1.82, 2.24) is 9.88 Å². The molecule has 1 aliphatic heterocycles. The third kappa shape index (κ3) is 8.47. The van der Waals surface area contributed by atoms with E-state index in [-0.39, 0.29) is 5.92 Å². The Balaban J connectivity index is 1.54. The summed E-state index contributed by atoms with van der Waals surface area (Å²) in [6.07, 6.45) is -5.09. The van der Waals surface area contributed by atoms with E-state index in [9.17, 15) is 18.0 Å². The van der Waals surface area contributed by atoms with Gasteiger partial charge in [-0.2, -0.15) is 13.2 Å². The minimum Gasteiger partial charge on any atom is -0.479 e. The zero-order valence-corrected chi connectivity index (χ0v) is 25.3. The van der Waals surface area contributed by atoms with Gasteiger partial charge in [0, 0.05) is 40.7 Å². The highest BCUT2D eigenvalue weighted by atomic mass is 32.2. The van der Waals surface area contributed by atoms with Crippen LogP contribution in [0.3, 0.4) is 0 Å². The number of nitrogens with zero attached hydrogens (tertiary/aromatic N) is 2. The Bertz CT molecular complexity index is 1310. The fourth-order valence-corrected chi connectivity index (χ4v) is 6.46. The number of halogens is 3. The summed E-state index contributed by atoms with van der Waals surface area (Å²) >= 11 is 3.19. The summed E-state index contributed by atoms with van der Waals surface area (Å²) in [7, 11) is 0. The van der Waals surface area contributed by atoms with Gasteiger partial charge in [-0.15, -0.1) is 23.1 Å². The molecule has 11 heteroatoms. The predicted molar refractivity (Wildman–Crippen MR) is 155 cm³/mol. The Labute approximate surface area is 247 Å². The van der Waals surface area contributed by atoms with Crippen molar-refractivity contribution in [1.29, 1.82) is 0 Å². The van der Waals surface area contributed by atoms with Gasteiger partial charge in [-0.25, -0.2) is 9.78 Å². The number of carbonyl (C=O) groups excluding carboxylic acids is 1. The van der Waals surface area contributed by atoms with Crippen molar-refractivity contribution in [2.24, 2.45) is 0 Å². The Morgan fingerprint density at radius 3 is 2.46 bits per heavy atom. The highest BCUT2D eigenvalue weighted by molar-refractivity contribution is 7.98. The lowest BCUT2D eigenvalue weighted by Crippen LogP contribution is -2.35. The van der Waals surface area contributed by atoms with Gasteiger partial charge >= 0.3 is 12.1 Å². The molecular formula is C30H35F3N2O4S2. The van der Waals surface area contributed by atoms with E-state index < -0.39 is 23.8 Å². The van der Waals surface area contributed by atoms with Crippen molar-refractivity contribution in [2.75, 3.05) is 32.9 Å². The monoisotopic (exact) mass is 608 g/mol. The van der Waals surface area contributed by atoms with E-state index >= 15 is 0 Å². The molecule has 4 rings (SSSR count). The third-order valence-corrected chi connectivity index (χ3v) is 8.96. The molecule has 1 unspecified atom stereocenters. The van der Waals surface area contributed by atoms with Crippen LogP contribution in [0.25, 0.3) is 10.6 Å². The van der Waals surface area contributed by atoms with Gasteiger partial charge in [0.15, 0.2) is 6.10 Å². The maximum atomic E-state index is 13.1. The number of thiazole rings is 1. The summed E-state index contributed by atoms with van der Waals surface area (Å²) in [6, 6.07) is 11.1. The molecule has 0 aliphatic carbocycles. The van der Waals surface area contributed by atoms with Crippen LogP contribution in [0.5, 0.6) is 5.75 Å². The number of morpholine rings is 1. The van der Waals surface area contributed by atoms with Crippen molar-refractivity contribution in [3.63, 3.8) is 0 Å². The van der Waals surface area contributed by atoms with Crippen LogP contribution in [-0.2, 0) is 32.7 Å². The quantitative estimate of drug-likeness (QED) is 0.166. The van der Waals surface area contributed by atoms with Crippen LogP contribution in [0, 0.1) is 0 Å². The van der Waals surface area contributed by atoms with Crippen molar-refractivity contribution >= 4 is 29.1 Å². The number of alkyl halides is 3. The second-order valence-corrected chi connectivity index (χ2v) is 12.1. The van der Waals surface area contributed by atoms with E-state index in [0.717, 1.165) is 46.3 Å². The number of esters is 1. The largest absolute Gasteiger partial charge is 0.479 e. The molecule has 0 bridgehead atoms. The van der Waals surface area contributed by atoms with Gasteiger partial charge in [0.2, 0.25) is 0 Å². The average molecular weight is 609 g/mol. The van der Waals surface area contributed by atoms with E-state index in [1.807, 2.05) is 12.1 Å².